The second-order valence-corrected chi connectivity index (χ2v) is 10.0. The molecular weight excluding hydrogens is 472 g/mol. The van der Waals surface area contributed by atoms with E-state index in [1.165, 1.54) is 0 Å². The molecule has 0 unspecified atom stereocenters. The molecule has 0 aromatic heterocycles. The topological polar surface area (TPSA) is 109 Å². The van der Waals surface area contributed by atoms with Crippen LogP contribution >= 0.6 is 0 Å². The third kappa shape index (κ3) is 5.56. The fourth-order valence-electron chi connectivity index (χ4n) is 5.12. The van der Waals surface area contributed by atoms with Crippen LogP contribution in [0, 0.1) is 5.92 Å². The molecule has 9 nitrogen and oxygen atoms in total. The number of fused-ring (bicyclic) bond motifs is 2. The number of hydrogen-bond acceptors (Lipinski definition) is 6. The number of ether oxygens (including phenoxy) is 2. The van der Waals surface area contributed by atoms with Crippen LogP contribution in [0.3, 0.4) is 0 Å². The number of nitrogens with zero attached hydrogens (tertiary/aromatic N) is 1. The molecule has 3 atom stereocenters. The fraction of sp³-hybridized carbons (Fsp3) is 0.464. The van der Waals surface area contributed by atoms with Crippen molar-refractivity contribution in [3.63, 3.8) is 0 Å². The Hall–Kier alpha value is -3.59. The van der Waals surface area contributed by atoms with Crippen molar-refractivity contribution < 1.29 is 23.9 Å². The van der Waals surface area contributed by atoms with E-state index < -0.39 is 6.04 Å². The first-order valence-corrected chi connectivity index (χ1v) is 12.7. The molecule has 1 saturated heterocycles. The first-order chi connectivity index (χ1) is 17.7. The van der Waals surface area contributed by atoms with Gasteiger partial charge < -0.3 is 30.3 Å². The summed E-state index contributed by atoms with van der Waals surface area (Å²) in [6.45, 7) is 4.53. The minimum absolute atomic E-state index is 0.0728. The Morgan fingerprint density at radius 3 is 2.57 bits per heavy atom. The van der Waals surface area contributed by atoms with E-state index in [1.54, 1.807) is 44.4 Å². The van der Waals surface area contributed by atoms with Crippen molar-refractivity contribution >= 4 is 23.4 Å². The maximum atomic E-state index is 13.6. The first kappa shape index (κ1) is 26.5. The number of carbonyl (C=O) groups is 3. The standard InChI is InChI=1S/C28H36N4O5/c1-16(2)12-23(29-3)26(33)30-18-10-11-32-24(14-18)27(34)31-22-9-6-17(13-21(22)28(32)35)20-8-7-19(36-4)15-25(20)37-5/h6-9,13,15-16,18,23-24,29H,10-12,14H2,1-5H3,(H,30,33)(H,31,34)/t18-,23+,24+/m1/s1. The van der Waals surface area contributed by atoms with Crippen molar-refractivity contribution in [3.8, 4) is 22.6 Å². The second kappa shape index (κ2) is 11.2. The minimum Gasteiger partial charge on any atom is -0.497 e. The summed E-state index contributed by atoms with van der Waals surface area (Å²) in [6, 6.07) is 9.78. The van der Waals surface area contributed by atoms with Gasteiger partial charge in [-0.2, -0.15) is 0 Å². The van der Waals surface area contributed by atoms with Crippen LogP contribution < -0.4 is 25.4 Å². The molecule has 1 fully saturated rings. The summed E-state index contributed by atoms with van der Waals surface area (Å²) in [4.78, 5) is 41.3. The average molecular weight is 509 g/mol. The van der Waals surface area contributed by atoms with Crippen LogP contribution in [0.1, 0.15) is 43.5 Å². The zero-order valence-corrected chi connectivity index (χ0v) is 22.1. The zero-order valence-electron chi connectivity index (χ0n) is 22.1. The quantitative estimate of drug-likeness (QED) is 0.506. The predicted octanol–water partition coefficient (Wildman–Crippen LogP) is 3.05. The van der Waals surface area contributed by atoms with Gasteiger partial charge in [0.2, 0.25) is 11.8 Å². The summed E-state index contributed by atoms with van der Waals surface area (Å²) in [5.41, 5.74) is 2.52. The second-order valence-electron chi connectivity index (χ2n) is 10.0. The van der Waals surface area contributed by atoms with Gasteiger partial charge in [0.25, 0.3) is 5.91 Å². The number of nitrogens with one attached hydrogen (secondary N) is 3. The Balaban J connectivity index is 1.55. The molecule has 0 bridgehead atoms. The Kier molecular flexibility index (Phi) is 8.02. The van der Waals surface area contributed by atoms with E-state index in [-0.39, 0.29) is 29.8 Å². The molecule has 2 heterocycles. The SMILES string of the molecule is CN[C@@H](CC(C)C)C(=O)N[C@@H]1CCN2C(=O)c3cc(-c4ccc(OC)cc4OC)ccc3NC(=O)[C@@H]2C1. The van der Waals surface area contributed by atoms with Gasteiger partial charge in [0.05, 0.1) is 31.5 Å². The van der Waals surface area contributed by atoms with Crippen LogP contribution in [-0.4, -0.2) is 68.6 Å². The van der Waals surface area contributed by atoms with Gasteiger partial charge in [0, 0.05) is 24.2 Å². The van der Waals surface area contributed by atoms with Crippen molar-refractivity contribution in [3.05, 3.63) is 42.0 Å². The van der Waals surface area contributed by atoms with E-state index in [9.17, 15) is 14.4 Å². The number of hydrogen-bond donors (Lipinski definition) is 3. The maximum Gasteiger partial charge on any atom is 0.256 e. The summed E-state index contributed by atoms with van der Waals surface area (Å²) in [5.74, 6) is 1.14. The molecule has 2 aliphatic heterocycles. The number of methoxy groups -OCH3 is 2. The molecular formula is C28H36N4O5. The van der Waals surface area contributed by atoms with Gasteiger partial charge >= 0.3 is 0 Å². The number of anilines is 1. The molecule has 3 N–H and O–H groups in total. The molecule has 2 aromatic carbocycles. The molecule has 0 spiro atoms. The van der Waals surface area contributed by atoms with E-state index in [1.807, 2.05) is 18.2 Å². The predicted molar refractivity (Wildman–Crippen MR) is 142 cm³/mol. The molecule has 2 aliphatic rings. The van der Waals surface area contributed by atoms with Crippen LogP contribution in [0.25, 0.3) is 11.1 Å². The van der Waals surface area contributed by atoms with Crippen molar-refractivity contribution in [2.75, 3.05) is 33.1 Å². The molecule has 0 aliphatic carbocycles. The van der Waals surface area contributed by atoms with Crippen molar-refractivity contribution in [2.24, 2.45) is 5.92 Å². The van der Waals surface area contributed by atoms with E-state index >= 15 is 0 Å². The third-order valence-electron chi connectivity index (χ3n) is 7.11. The zero-order chi connectivity index (χ0) is 26.7. The number of amides is 3. The smallest absolute Gasteiger partial charge is 0.256 e. The molecule has 0 radical (unpaired) electrons. The first-order valence-electron chi connectivity index (χ1n) is 12.7. The van der Waals surface area contributed by atoms with Gasteiger partial charge in [-0.1, -0.05) is 19.9 Å². The number of carbonyl (C=O) groups excluding carboxylic acids is 3. The van der Waals surface area contributed by atoms with E-state index in [0.29, 0.717) is 48.1 Å². The summed E-state index contributed by atoms with van der Waals surface area (Å²) in [6.07, 6.45) is 1.68. The number of benzene rings is 2. The fourth-order valence-corrected chi connectivity index (χ4v) is 5.12. The normalized spacial score (nSPS) is 19.9. The monoisotopic (exact) mass is 508 g/mol. The van der Waals surface area contributed by atoms with Crippen LogP contribution in [0.15, 0.2) is 36.4 Å². The maximum absolute atomic E-state index is 13.6. The summed E-state index contributed by atoms with van der Waals surface area (Å²) >= 11 is 0. The Bertz CT molecular complexity index is 1180. The largest absolute Gasteiger partial charge is 0.497 e. The van der Waals surface area contributed by atoms with E-state index in [0.717, 1.165) is 17.5 Å². The van der Waals surface area contributed by atoms with E-state index in [2.05, 4.69) is 29.8 Å². The highest BCUT2D eigenvalue weighted by atomic mass is 16.5. The van der Waals surface area contributed by atoms with Crippen LogP contribution in [0.5, 0.6) is 11.5 Å². The lowest BCUT2D eigenvalue weighted by Gasteiger charge is -2.37. The minimum atomic E-state index is -0.656. The molecule has 9 heteroatoms. The van der Waals surface area contributed by atoms with Crippen LogP contribution in [-0.2, 0) is 9.59 Å². The van der Waals surface area contributed by atoms with Gasteiger partial charge in [-0.05, 0) is 62.1 Å². The lowest BCUT2D eigenvalue weighted by atomic mass is 9.95. The average Bonchev–Trinajstić information content (AvgIpc) is 3.00. The molecule has 37 heavy (non-hydrogen) atoms. The highest BCUT2D eigenvalue weighted by Gasteiger charge is 2.40. The van der Waals surface area contributed by atoms with Crippen molar-refractivity contribution in [1.82, 2.24) is 15.5 Å². The molecule has 0 saturated carbocycles. The number of likely N-dealkylation sites (N-methyl/N-ethyl adjacent to an activating group) is 1. The highest BCUT2D eigenvalue weighted by molar-refractivity contribution is 6.10. The van der Waals surface area contributed by atoms with Crippen molar-refractivity contribution in [2.45, 2.75) is 51.2 Å². The number of piperidine rings is 1. The molecule has 2 aromatic rings. The lowest BCUT2D eigenvalue weighted by Crippen LogP contribution is -2.56. The van der Waals surface area contributed by atoms with Gasteiger partial charge in [0.15, 0.2) is 0 Å². The van der Waals surface area contributed by atoms with Gasteiger partial charge in [-0.25, -0.2) is 0 Å². The summed E-state index contributed by atoms with van der Waals surface area (Å²) in [5, 5.41) is 9.11. The van der Waals surface area contributed by atoms with Gasteiger partial charge in [-0.15, -0.1) is 0 Å². The third-order valence-corrected chi connectivity index (χ3v) is 7.11. The number of rotatable bonds is 8. The summed E-state index contributed by atoms with van der Waals surface area (Å²) < 4.78 is 10.8. The van der Waals surface area contributed by atoms with Crippen LogP contribution in [0.2, 0.25) is 0 Å². The molecule has 3 amide bonds. The summed E-state index contributed by atoms with van der Waals surface area (Å²) in [7, 11) is 4.95. The van der Waals surface area contributed by atoms with Crippen LogP contribution in [0.4, 0.5) is 5.69 Å². The van der Waals surface area contributed by atoms with Crippen molar-refractivity contribution in [1.29, 1.82) is 0 Å². The highest BCUT2D eigenvalue weighted by Crippen LogP contribution is 2.37. The molecule has 198 valence electrons. The van der Waals surface area contributed by atoms with Gasteiger partial charge in [0.1, 0.15) is 17.5 Å². The van der Waals surface area contributed by atoms with E-state index in [4.69, 9.17) is 9.47 Å². The lowest BCUT2D eigenvalue weighted by molar-refractivity contribution is -0.126. The Morgan fingerprint density at radius 2 is 1.89 bits per heavy atom. The molecule has 4 rings (SSSR count). The van der Waals surface area contributed by atoms with Gasteiger partial charge in [-0.3, -0.25) is 14.4 Å². The Morgan fingerprint density at radius 1 is 1.11 bits per heavy atom. The Labute approximate surface area is 217 Å².